The van der Waals surface area contributed by atoms with E-state index in [0.29, 0.717) is 11.1 Å². The summed E-state index contributed by atoms with van der Waals surface area (Å²) in [4.78, 5) is 24.7. The van der Waals surface area contributed by atoms with Crippen LogP contribution in [-0.2, 0) is 0 Å². The highest BCUT2D eigenvalue weighted by Crippen LogP contribution is 2.19. The molecule has 1 aliphatic heterocycles. The largest absolute Gasteiger partial charge is 0.334 e. The van der Waals surface area contributed by atoms with Crippen molar-refractivity contribution in [1.82, 2.24) is 4.90 Å². The van der Waals surface area contributed by atoms with Crippen LogP contribution < -0.4 is 0 Å². The molecule has 0 aliphatic carbocycles. The van der Waals surface area contributed by atoms with Gasteiger partial charge in [-0.3, -0.25) is 9.59 Å². The molecule has 0 saturated heterocycles. The zero-order valence-electron chi connectivity index (χ0n) is 8.20. The first-order chi connectivity index (χ1) is 6.59. The highest BCUT2D eigenvalue weighted by Gasteiger charge is 2.26. The number of rotatable bonds is 0. The van der Waals surface area contributed by atoms with E-state index in [1.165, 1.54) is 4.90 Å². The normalized spacial score (nSPS) is 15.7. The molecular formula is C11H11NO2. The average Bonchev–Trinajstić information content (AvgIpc) is 2.14. The van der Waals surface area contributed by atoms with Crippen LogP contribution in [0, 0.1) is 6.92 Å². The van der Waals surface area contributed by atoms with E-state index in [4.69, 9.17) is 0 Å². The predicted octanol–water partition coefficient (Wildman–Crippen LogP) is 1.26. The monoisotopic (exact) mass is 189 g/mol. The minimum Gasteiger partial charge on any atom is -0.334 e. The van der Waals surface area contributed by atoms with Gasteiger partial charge in [-0.25, -0.2) is 0 Å². The van der Waals surface area contributed by atoms with E-state index in [-0.39, 0.29) is 18.2 Å². The van der Waals surface area contributed by atoms with Gasteiger partial charge in [0.25, 0.3) is 5.91 Å². The number of Topliss-reactive ketones (excluding diaryl/α,β-unsaturated/α-hetero) is 1. The van der Waals surface area contributed by atoms with Gasteiger partial charge in [-0.1, -0.05) is 17.7 Å². The number of nitrogens with zero attached hydrogens (tertiary/aromatic N) is 1. The summed E-state index contributed by atoms with van der Waals surface area (Å²) >= 11 is 0. The maximum atomic E-state index is 11.7. The van der Waals surface area contributed by atoms with Crippen LogP contribution in [0.15, 0.2) is 18.2 Å². The molecule has 0 fully saturated rings. The van der Waals surface area contributed by atoms with E-state index in [1.807, 2.05) is 13.0 Å². The van der Waals surface area contributed by atoms with Crippen molar-refractivity contribution in [2.24, 2.45) is 0 Å². The number of carbonyl (C=O) groups excluding carboxylic acids is 2. The molecule has 72 valence electrons. The maximum absolute atomic E-state index is 11.7. The Bertz CT molecular complexity index is 423. The third-order valence-electron chi connectivity index (χ3n) is 2.43. The van der Waals surface area contributed by atoms with E-state index < -0.39 is 0 Å². The van der Waals surface area contributed by atoms with Crippen molar-refractivity contribution < 1.29 is 9.59 Å². The minimum absolute atomic E-state index is 0.0158. The van der Waals surface area contributed by atoms with Crippen molar-refractivity contribution in [2.75, 3.05) is 13.6 Å². The van der Waals surface area contributed by atoms with E-state index in [1.54, 1.807) is 19.2 Å². The molecule has 0 atom stereocenters. The van der Waals surface area contributed by atoms with Crippen LogP contribution in [0.4, 0.5) is 0 Å². The molecule has 1 heterocycles. The molecule has 1 amide bonds. The molecular weight excluding hydrogens is 178 g/mol. The summed E-state index contributed by atoms with van der Waals surface area (Å²) in [6.07, 6.45) is 0. The van der Waals surface area contributed by atoms with Crippen LogP contribution in [0.5, 0.6) is 0 Å². The SMILES string of the molecule is Cc1ccc2c(c1)C(=O)N(C)CC2=O. The van der Waals surface area contributed by atoms with Gasteiger partial charge in [-0.2, -0.15) is 0 Å². The Kier molecular flexibility index (Phi) is 1.88. The highest BCUT2D eigenvalue weighted by molar-refractivity contribution is 6.13. The number of aryl methyl sites for hydroxylation is 1. The summed E-state index contributed by atoms with van der Waals surface area (Å²) in [7, 11) is 1.64. The number of benzene rings is 1. The number of fused-ring (bicyclic) bond motifs is 1. The lowest BCUT2D eigenvalue weighted by molar-refractivity contribution is 0.0719. The number of amides is 1. The molecule has 0 aromatic heterocycles. The molecule has 0 saturated carbocycles. The molecule has 1 aromatic rings. The van der Waals surface area contributed by atoms with E-state index in [0.717, 1.165) is 5.56 Å². The topological polar surface area (TPSA) is 37.4 Å². The Hall–Kier alpha value is -1.64. The molecule has 0 N–H and O–H groups in total. The average molecular weight is 189 g/mol. The first kappa shape index (κ1) is 8.94. The molecule has 1 aliphatic rings. The summed E-state index contributed by atoms with van der Waals surface area (Å²) in [6, 6.07) is 5.36. The summed E-state index contributed by atoms with van der Waals surface area (Å²) in [5.74, 6) is -0.0506. The second-order valence-corrected chi connectivity index (χ2v) is 3.63. The molecule has 3 nitrogen and oxygen atoms in total. The summed E-state index contributed by atoms with van der Waals surface area (Å²) in [5, 5.41) is 0. The quantitative estimate of drug-likeness (QED) is 0.616. The molecule has 0 spiro atoms. The predicted molar refractivity (Wildman–Crippen MR) is 52.5 cm³/mol. The zero-order chi connectivity index (χ0) is 10.3. The van der Waals surface area contributed by atoms with Crippen LogP contribution in [-0.4, -0.2) is 30.2 Å². The Balaban J connectivity index is 2.62. The van der Waals surface area contributed by atoms with E-state index in [9.17, 15) is 9.59 Å². The molecule has 0 bridgehead atoms. The van der Waals surface area contributed by atoms with Crippen molar-refractivity contribution in [2.45, 2.75) is 6.92 Å². The summed E-state index contributed by atoms with van der Waals surface area (Å²) < 4.78 is 0. The second kappa shape index (κ2) is 2.94. The smallest absolute Gasteiger partial charge is 0.254 e. The van der Waals surface area contributed by atoms with Gasteiger partial charge in [0, 0.05) is 12.6 Å². The van der Waals surface area contributed by atoms with Crippen LogP contribution in [0.2, 0.25) is 0 Å². The van der Waals surface area contributed by atoms with E-state index >= 15 is 0 Å². The first-order valence-electron chi connectivity index (χ1n) is 4.49. The molecule has 0 radical (unpaired) electrons. The highest BCUT2D eigenvalue weighted by atomic mass is 16.2. The number of carbonyl (C=O) groups is 2. The molecule has 3 heteroatoms. The lowest BCUT2D eigenvalue weighted by Gasteiger charge is -2.23. The Labute approximate surface area is 82.3 Å². The standard InChI is InChI=1S/C11H11NO2/c1-7-3-4-8-9(5-7)11(14)12(2)6-10(8)13/h3-5H,6H2,1-2H3. The van der Waals surface area contributed by atoms with Crippen molar-refractivity contribution in [1.29, 1.82) is 0 Å². The van der Waals surface area contributed by atoms with Crippen molar-refractivity contribution >= 4 is 11.7 Å². The van der Waals surface area contributed by atoms with Crippen molar-refractivity contribution in [3.05, 3.63) is 34.9 Å². The van der Waals surface area contributed by atoms with Crippen LogP contribution in [0.3, 0.4) is 0 Å². The fraction of sp³-hybridized carbons (Fsp3) is 0.273. The molecule has 1 aromatic carbocycles. The fourth-order valence-electron chi connectivity index (χ4n) is 1.66. The van der Waals surface area contributed by atoms with Crippen LogP contribution >= 0.6 is 0 Å². The van der Waals surface area contributed by atoms with Crippen LogP contribution in [0.25, 0.3) is 0 Å². The maximum Gasteiger partial charge on any atom is 0.254 e. The Morgan fingerprint density at radius 2 is 1.93 bits per heavy atom. The summed E-state index contributed by atoms with van der Waals surface area (Å²) in [5.41, 5.74) is 2.09. The van der Waals surface area contributed by atoms with Gasteiger partial charge in [0.15, 0.2) is 5.78 Å². The molecule has 0 unspecified atom stereocenters. The van der Waals surface area contributed by atoms with Gasteiger partial charge in [0.05, 0.1) is 12.1 Å². The number of hydrogen-bond donors (Lipinski definition) is 0. The van der Waals surface area contributed by atoms with Gasteiger partial charge in [-0.15, -0.1) is 0 Å². The zero-order valence-corrected chi connectivity index (χ0v) is 8.20. The minimum atomic E-state index is -0.0664. The van der Waals surface area contributed by atoms with Gasteiger partial charge in [-0.05, 0) is 13.0 Å². The fourth-order valence-corrected chi connectivity index (χ4v) is 1.66. The lowest BCUT2D eigenvalue weighted by Crippen LogP contribution is -2.38. The van der Waals surface area contributed by atoms with E-state index in [2.05, 4.69) is 0 Å². The first-order valence-corrected chi connectivity index (χ1v) is 4.49. The number of hydrogen-bond acceptors (Lipinski definition) is 2. The van der Waals surface area contributed by atoms with Gasteiger partial charge in [0.1, 0.15) is 0 Å². The van der Waals surface area contributed by atoms with Crippen molar-refractivity contribution in [3.8, 4) is 0 Å². The number of ketones is 1. The van der Waals surface area contributed by atoms with Crippen LogP contribution in [0.1, 0.15) is 26.3 Å². The second-order valence-electron chi connectivity index (χ2n) is 3.63. The molecule has 14 heavy (non-hydrogen) atoms. The summed E-state index contributed by atoms with van der Waals surface area (Å²) in [6.45, 7) is 2.10. The van der Waals surface area contributed by atoms with Gasteiger partial charge >= 0.3 is 0 Å². The van der Waals surface area contributed by atoms with Gasteiger partial charge < -0.3 is 4.90 Å². The number of likely N-dealkylation sites (N-methyl/N-ethyl adjacent to an activating group) is 1. The third kappa shape index (κ3) is 1.21. The Morgan fingerprint density at radius 1 is 1.21 bits per heavy atom. The molecule has 2 rings (SSSR count). The third-order valence-corrected chi connectivity index (χ3v) is 2.43. The van der Waals surface area contributed by atoms with Crippen molar-refractivity contribution in [3.63, 3.8) is 0 Å². The lowest BCUT2D eigenvalue weighted by atomic mass is 9.96. The van der Waals surface area contributed by atoms with Gasteiger partial charge in [0.2, 0.25) is 0 Å². The Morgan fingerprint density at radius 3 is 2.64 bits per heavy atom.